The van der Waals surface area contributed by atoms with Gasteiger partial charge in [-0.3, -0.25) is 9.79 Å². The van der Waals surface area contributed by atoms with Crippen LogP contribution in [0.1, 0.15) is 20.8 Å². The Bertz CT molecular complexity index is 676. The number of primary amides is 1. The molecule has 1 fully saturated rings. The molecule has 1 saturated heterocycles. The van der Waals surface area contributed by atoms with Crippen molar-refractivity contribution >= 4 is 41.5 Å². The highest BCUT2D eigenvalue weighted by atomic mass is 127. The van der Waals surface area contributed by atoms with E-state index in [1.807, 2.05) is 16.7 Å². The summed E-state index contributed by atoms with van der Waals surface area (Å²) in [5, 5.41) is 3.21. The lowest BCUT2D eigenvalue weighted by Crippen LogP contribution is -2.53. The Balaban J connectivity index is 0.00000364. The zero-order valence-corrected chi connectivity index (χ0v) is 18.3. The number of amides is 1. The van der Waals surface area contributed by atoms with Gasteiger partial charge in [-0.25, -0.2) is 8.78 Å². The van der Waals surface area contributed by atoms with Gasteiger partial charge < -0.3 is 20.9 Å². The van der Waals surface area contributed by atoms with E-state index in [0.717, 1.165) is 12.1 Å². The molecule has 27 heavy (non-hydrogen) atoms. The van der Waals surface area contributed by atoms with Crippen molar-refractivity contribution in [1.29, 1.82) is 0 Å². The van der Waals surface area contributed by atoms with Crippen molar-refractivity contribution in [2.24, 2.45) is 16.1 Å². The van der Waals surface area contributed by atoms with E-state index in [1.165, 1.54) is 6.07 Å². The number of hydrogen-bond donors (Lipinski definition) is 2. The molecule has 0 bridgehead atoms. The molecule has 1 aromatic rings. The molecule has 1 aliphatic heterocycles. The van der Waals surface area contributed by atoms with Crippen LogP contribution in [0.4, 0.5) is 14.5 Å². The van der Waals surface area contributed by atoms with E-state index in [4.69, 9.17) is 5.73 Å². The van der Waals surface area contributed by atoms with Crippen LogP contribution in [0, 0.1) is 17.0 Å². The fraction of sp³-hybridized carbons (Fsp3) is 0.556. The van der Waals surface area contributed by atoms with Crippen LogP contribution in [0.25, 0.3) is 0 Å². The number of rotatable bonds is 5. The predicted octanol–water partition coefficient (Wildman–Crippen LogP) is 2.18. The van der Waals surface area contributed by atoms with Crippen LogP contribution in [-0.4, -0.2) is 56.0 Å². The smallest absolute Gasteiger partial charge is 0.224 e. The van der Waals surface area contributed by atoms with Crippen LogP contribution in [0.2, 0.25) is 0 Å². The summed E-state index contributed by atoms with van der Waals surface area (Å²) in [6.45, 7) is 8.76. The van der Waals surface area contributed by atoms with Gasteiger partial charge in [0.1, 0.15) is 11.6 Å². The van der Waals surface area contributed by atoms with Crippen molar-refractivity contribution in [3.63, 3.8) is 0 Å². The molecule has 1 amide bonds. The van der Waals surface area contributed by atoms with Gasteiger partial charge >= 0.3 is 0 Å². The number of benzene rings is 1. The van der Waals surface area contributed by atoms with Crippen molar-refractivity contribution in [2.45, 2.75) is 20.8 Å². The minimum atomic E-state index is -0.729. The first-order valence-corrected chi connectivity index (χ1v) is 8.77. The molecular formula is C18H28F2IN5O. The molecule has 0 unspecified atom stereocenters. The molecule has 0 radical (unpaired) electrons. The van der Waals surface area contributed by atoms with Crippen molar-refractivity contribution < 1.29 is 13.6 Å². The second-order valence-electron chi connectivity index (χ2n) is 6.99. The number of nitrogens with two attached hydrogens (primary N) is 1. The van der Waals surface area contributed by atoms with Gasteiger partial charge in [0.2, 0.25) is 5.91 Å². The largest absolute Gasteiger partial charge is 0.369 e. The van der Waals surface area contributed by atoms with Crippen molar-refractivity contribution in [3.8, 4) is 0 Å². The Morgan fingerprint density at radius 3 is 2.44 bits per heavy atom. The molecule has 1 aromatic carbocycles. The van der Waals surface area contributed by atoms with Gasteiger partial charge in [-0.15, -0.1) is 24.0 Å². The van der Waals surface area contributed by atoms with Gasteiger partial charge in [-0.05, 0) is 32.9 Å². The molecule has 152 valence electrons. The van der Waals surface area contributed by atoms with Gasteiger partial charge in [0, 0.05) is 38.8 Å². The molecule has 6 nitrogen and oxygen atoms in total. The van der Waals surface area contributed by atoms with Gasteiger partial charge in [-0.2, -0.15) is 0 Å². The molecule has 3 N–H and O–H groups in total. The lowest BCUT2D eigenvalue weighted by molar-refractivity contribution is -0.125. The van der Waals surface area contributed by atoms with Gasteiger partial charge in [0.25, 0.3) is 0 Å². The minimum absolute atomic E-state index is 0. The maximum Gasteiger partial charge on any atom is 0.224 e. The fourth-order valence-electron chi connectivity index (χ4n) is 2.66. The van der Waals surface area contributed by atoms with E-state index in [0.29, 0.717) is 38.7 Å². The third-order valence-corrected chi connectivity index (χ3v) is 4.45. The number of halogens is 3. The van der Waals surface area contributed by atoms with Crippen LogP contribution in [0.15, 0.2) is 23.2 Å². The van der Waals surface area contributed by atoms with Crippen LogP contribution < -0.4 is 16.0 Å². The normalized spacial score (nSPS) is 15.4. The third-order valence-electron chi connectivity index (χ3n) is 4.45. The highest BCUT2D eigenvalue weighted by Gasteiger charge is 2.26. The van der Waals surface area contributed by atoms with Gasteiger partial charge in [0.15, 0.2) is 5.96 Å². The molecular weight excluding hydrogens is 467 g/mol. The molecule has 1 aliphatic rings. The SMILES string of the molecule is CCNC(=NCC(C)(C)C(N)=O)N1CCN(c2cc(F)ccc2F)CC1.I. The van der Waals surface area contributed by atoms with Crippen molar-refractivity contribution in [1.82, 2.24) is 10.2 Å². The number of aliphatic imine (C=N–C) groups is 1. The summed E-state index contributed by atoms with van der Waals surface area (Å²) in [7, 11) is 0. The average Bonchev–Trinajstić information content (AvgIpc) is 2.61. The highest BCUT2D eigenvalue weighted by Crippen LogP contribution is 2.22. The van der Waals surface area contributed by atoms with Crippen LogP contribution >= 0.6 is 24.0 Å². The molecule has 0 atom stereocenters. The lowest BCUT2D eigenvalue weighted by Gasteiger charge is -2.38. The number of guanidine groups is 1. The van der Waals surface area contributed by atoms with Crippen LogP contribution in [0.3, 0.4) is 0 Å². The number of hydrogen-bond acceptors (Lipinski definition) is 3. The first kappa shape index (κ1) is 23.4. The number of carbonyl (C=O) groups excluding carboxylic acids is 1. The summed E-state index contributed by atoms with van der Waals surface area (Å²) in [6, 6.07) is 3.49. The van der Waals surface area contributed by atoms with Gasteiger partial charge in [0.05, 0.1) is 17.6 Å². The van der Waals surface area contributed by atoms with E-state index in [-0.39, 0.29) is 36.2 Å². The quantitative estimate of drug-likeness (QED) is 0.373. The Labute approximate surface area is 176 Å². The monoisotopic (exact) mass is 495 g/mol. The maximum atomic E-state index is 14.0. The molecule has 0 spiro atoms. The number of nitrogens with one attached hydrogen (secondary N) is 1. The molecule has 0 aromatic heterocycles. The van der Waals surface area contributed by atoms with Crippen molar-refractivity contribution in [3.05, 3.63) is 29.8 Å². The standard InChI is InChI=1S/C18H27F2N5O.HI/c1-4-22-17(23-12-18(2,3)16(21)26)25-9-7-24(8-10-25)15-11-13(19)5-6-14(15)20;/h5-6,11H,4,7-10,12H2,1-3H3,(H2,21,26)(H,22,23);1H. The third kappa shape index (κ3) is 6.18. The topological polar surface area (TPSA) is 74.0 Å². The Hall–Kier alpha value is -1.65. The highest BCUT2D eigenvalue weighted by molar-refractivity contribution is 14.0. The van der Waals surface area contributed by atoms with E-state index in [1.54, 1.807) is 13.8 Å². The first-order chi connectivity index (χ1) is 12.2. The number of anilines is 1. The summed E-state index contributed by atoms with van der Waals surface area (Å²) in [4.78, 5) is 19.9. The molecule has 2 rings (SSSR count). The second-order valence-corrected chi connectivity index (χ2v) is 6.99. The Kier molecular flexibility index (Phi) is 8.70. The molecule has 1 heterocycles. The zero-order chi connectivity index (χ0) is 19.3. The number of piperazine rings is 1. The van der Waals surface area contributed by atoms with E-state index in [2.05, 4.69) is 10.3 Å². The summed E-state index contributed by atoms with van der Waals surface area (Å²) in [6.07, 6.45) is 0. The number of carbonyl (C=O) groups is 1. The Morgan fingerprint density at radius 2 is 1.89 bits per heavy atom. The summed E-state index contributed by atoms with van der Waals surface area (Å²) < 4.78 is 27.4. The summed E-state index contributed by atoms with van der Waals surface area (Å²) in [5.74, 6) is -0.583. The summed E-state index contributed by atoms with van der Waals surface area (Å²) >= 11 is 0. The predicted molar refractivity (Wildman–Crippen MR) is 115 cm³/mol. The molecule has 9 heteroatoms. The number of nitrogens with zero attached hydrogens (tertiary/aromatic N) is 3. The van der Waals surface area contributed by atoms with Gasteiger partial charge in [-0.1, -0.05) is 0 Å². The first-order valence-electron chi connectivity index (χ1n) is 8.77. The molecule has 0 aliphatic carbocycles. The van der Waals surface area contributed by atoms with E-state index >= 15 is 0 Å². The van der Waals surface area contributed by atoms with E-state index in [9.17, 15) is 13.6 Å². The fourth-order valence-corrected chi connectivity index (χ4v) is 2.66. The minimum Gasteiger partial charge on any atom is -0.369 e. The second kappa shape index (κ2) is 10.0. The zero-order valence-electron chi connectivity index (χ0n) is 16.0. The molecule has 0 saturated carbocycles. The maximum absolute atomic E-state index is 14.0. The van der Waals surface area contributed by atoms with Crippen molar-refractivity contribution in [2.75, 3.05) is 44.2 Å². The summed E-state index contributed by atoms with van der Waals surface area (Å²) in [5.41, 5.74) is 4.95. The van der Waals surface area contributed by atoms with Crippen LogP contribution in [-0.2, 0) is 4.79 Å². The Morgan fingerprint density at radius 1 is 1.26 bits per heavy atom. The lowest BCUT2D eigenvalue weighted by atomic mass is 9.93. The van der Waals surface area contributed by atoms with Crippen LogP contribution in [0.5, 0.6) is 0 Å². The average molecular weight is 495 g/mol. The van der Waals surface area contributed by atoms with E-state index < -0.39 is 23.0 Å².